The van der Waals surface area contributed by atoms with Crippen LogP contribution in [-0.2, 0) is 14.3 Å². The van der Waals surface area contributed by atoms with Gasteiger partial charge in [-0.2, -0.15) is 0 Å². The Morgan fingerprint density at radius 3 is 2.04 bits per heavy atom. The van der Waals surface area contributed by atoms with Crippen LogP contribution in [0.1, 0.15) is 110 Å². The highest BCUT2D eigenvalue weighted by molar-refractivity contribution is 5.76. The summed E-state index contributed by atoms with van der Waals surface area (Å²) in [5.74, 6) is -0.223. The Morgan fingerprint density at radius 2 is 1.37 bits per heavy atom. The standard InChI is InChI=1S/C37H63NO8/c1-3-5-7-9-11-13-15-16-17-19-21-23-25-27-33(41)38-30(29-45-37-36(44)35(43)34(42)32(28-39)46-37)31(40)26-24-22-20-18-14-12-10-8-6-4-2/h5,7,11,13-14,16-18,24,26,30-32,34-37,39-40,42-44H,3-4,6,8-10,12,15,19-23,25,27-29H2,1-2H3,(H,38,41)/b7-5-,13-11-,17-16-,18-14+,26-24+. The molecule has 0 radical (unpaired) electrons. The first kappa shape index (κ1) is 41.9. The smallest absolute Gasteiger partial charge is 0.220 e. The van der Waals surface area contributed by atoms with Crippen molar-refractivity contribution in [2.75, 3.05) is 13.2 Å². The van der Waals surface area contributed by atoms with Crippen molar-refractivity contribution in [2.45, 2.75) is 153 Å². The Morgan fingerprint density at radius 1 is 0.761 bits per heavy atom. The van der Waals surface area contributed by atoms with E-state index in [1.807, 2.05) is 6.08 Å². The minimum absolute atomic E-state index is 0.217. The van der Waals surface area contributed by atoms with E-state index in [9.17, 15) is 30.3 Å². The average molecular weight is 650 g/mol. The molecule has 0 spiro atoms. The zero-order valence-corrected chi connectivity index (χ0v) is 28.3. The molecule has 1 fully saturated rings. The number of rotatable bonds is 26. The normalized spacial score (nSPS) is 23.8. The van der Waals surface area contributed by atoms with E-state index in [4.69, 9.17) is 9.47 Å². The van der Waals surface area contributed by atoms with Crippen molar-refractivity contribution in [2.24, 2.45) is 0 Å². The number of hydrogen-bond acceptors (Lipinski definition) is 8. The van der Waals surface area contributed by atoms with Crippen LogP contribution < -0.4 is 5.32 Å². The number of aliphatic hydroxyl groups excluding tert-OH is 5. The average Bonchev–Trinajstić information content (AvgIpc) is 3.05. The van der Waals surface area contributed by atoms with Gasteiger partial charge in [0, 0.05) is 6.42 Å². The molecule has 0 saturated carbocycles. The number of carbonyl (C=O) groups excluding carboxylic acids is 1. The minimum atomic E-state index is -1.58. The van der Waals surface area contributed by atoms with E-state index >= 15 is 0 Å². The fourth-order valence-electron chi connectivity index (χ4n) is 4.95. The number of amides is 1. The maximum Gasteiger partial charge on any atom is 0.220 e. The van der Waals surface area contributed by atoms with Crippen LogP contribution in [0.25, 0.3) is 0 Å². The van der Waals surface area contributed by atoms with Crippen LogP contribution in [0.5, 0.6) is 0 Å². The molecular weight excluding hydrogens is 586 g/mol. The van der Waals surface area contributed by atoms with Crippen molar-refractivity contribution < 1.29 is 39.8 Å². The van der Waals surface area contributed by atoms with Gasteiger partial charge in [-0.05, 0) is 64.2 Å². The fraction of sp³-hybridized carbons (Fsp3) is 0.703. The van der Waals surface area contributed by atoms with E-state index < -0.39 is 49.5 Å². The Kier molecular flexibility index (Phi) is 25.5. The lowest BCUT2D eigenvalue weighted by Crippen LogP contribution is -2.60. The van der Waals surface area contributed by atoms with E-state index in [0.29, 0.717) is 12.8 Å². The molecule has 1 heterocycles. The van der Waals surface area contributed by atoms with E-state index in [1.54, 1.807) is 6.08 Å². The van der Waals surface area contributed by atoms with Crippen molar-refractivity contribution in [3.05, 3.63) is 60.8 Å². The SMILES string of the molecule is CC/C=C\C/C=C\C/C=C\CCCCCC(=O)NC(COC1OC(CO)C(O)C(O)C1O)C(O)/C=C/CC/C=C/CCCCCC. The van der Waals surface area contributed by atoms with Crippen LogP contribution in [-0.4, -0.2) is 87.5 Å². The molecule has 0 aliphatic carbocycles. The molecule has 1 saturated heterocycles. The van der Waals surface area contributed by atoms with Crippen LogP contribution in [0.2, 0.25) is 0 Å². The molecule has 1 aliphatic heterocycles. The molecule has 0 aromatic heterocycles. The summed E-state index contributed by atoms with van der Waals surface area (Å²) in [5, 5.41) is 53.6. The van der Waals surface area contributed by atoms with Crippen LogP contribution in [0.3, 0.4) is 0 Å². The summed E-state index contributed by atoms with van der Waals surface area (Å²) in [7, 11) is 0. The van der Waals surface area contributed by atoms with Crippen molar-refractivity contribution >= 4 is 5.91 Å². The Hall–Kier alpha value is -2.11. The van der Waals surface area contributed by atoms with Crippen LogP contribution in [0, 0.1) is 0 Å². The first-order chi connectivity index (χ1) is 22.3. The summed E-state index contributed by atoms with van der Waals surface area (Å²) in [4.78, 5) is 12.8. The van der Waals surface area contributed by atoms with E-state index in [2.05, 4.69) is 67.8 Å². The second kappa shape index (κ2) is 28.0. The summed E-state index contributed by atoms with van der Waals surface area (Å²) < 4.78 is 11.1. The molecule has 6 N–H and O–H groups in total. The van der Waals surface area contributed by atoms with Crippen LogP contribution >= 0.6 is 0 Å². The highest BCUT2D eigenvalue weighted by Crippen LogP contribution is 2.22. The quantitative estimate of drug-likeness (QED) is 0.0545. The van der Waals surface area contributed by atoms with E-state index in [0.717, 1.165) is 57.8 Å². The molecule has 0 aromatic rings. The summed E-state index contributed by atoms with van der Waals surface area (Å²) in [6.45, 7) is 3.53. The lowest BCUT2D eigenvalue weighted by molar-refractivity contribution is -0.302. The summed E-state index contributed by atoms with van der Waals surface area (Å²) in [6.07, 6.45) is 27.0. The topological polar surface area (TPSA) is 149 Å². The van der Waals surface area contributed by atoms with Crippen molar-refractivity contribution in [1.29, 1.82) is 0 Å². The lowest BCUT2D eigenvalue weighted by Gasteiger charge is -2.40. The molecule has 0 aromatic carbocycles. The molecule has 264 valence electrons. The number of allylic oxidation sites excluding steroid dienone is 9. The summed E-state index contributed by atoms with van der Waals surface area (Å²) >= 11 is 0. The number of unbranched alkanes of at least 4 members (excludes halogenated alkanes) is 8. The highest BCUT2D eigenvalue weighted by Gasteiger charge is 2.44. The second-order valence-electron chi connectivity index (χ2n) is 11.9. The molecule has 1 aliphatic rings. The molecule has 0 bridgehead atoms. The molecule has 46 heavy (non-hydrogen) atoms. The largest absolute Gasteiger partial charge is 0.394 e. The Balaban J connectivity index is 2.56. The van der Waals surface area contributed by atoms with Gasteiger partial charge in [-0.3, -0.25) is 4.79 Å². The van der Waals surface area contributed by atoms with Crippen LogP contribution in [0.15, 0.2) is 60.8 Å². The number of carbonyl (C=O) groups is 1. The minimum Gasteiger partial charge on any atom is -0.394 e. The Labute approximate surface area is 277 Å². The highest BCUT2D eigenvalue weighted by atomic mass is 16.7. The van der Waals surface area contributed by atoms with Gasteiger partial charge in [-0.25, -0.2) is 0 Å². The molecule has 1 rings (SSSR count). The number of nitrogens with one attached hydrogen (secondary N) is 1. The number of aliphatic hydroxyl groups is 5. The third-order valence-electron chi connectivity index (χ3n) is 7.83. The molecular formula is C37H63NO8. The third kappa shape index (κ3) is 19.5. The predicted molar refractivity (Wildman–Crippen MR) is 184 cm³/mol. The fourth-order valence-corrected chi connectivity index (χ4v) is 4.95. The van der Waals surface area contributed by atoms with Crippen molar-refractivity contribution in [3.63, 3.8) is 0 Å². The number of ether oxygens (including phenoxy) is 2. The number of hydrogen-bond donors (Lipinski definition) is 6. The van der Waals surface area contributed by atoms with Gasteiger partial charge < -0.3 is 40.3 Å². The molecule has 9 heteroatoms. The zero-order valence-electron chi connectivity index (χ0n) is 28.3. The lowest BCUT2D eigenvalue weighted by atomic mass is 9.99. The van der Waals surface area contributed by atoms with Gasteiger partial charge in [-0.15, -0.1) is 0 Å². The summed E-state index contributed by atoms with van der Waals surface area (Å²) in [5.41, 5.74) is 0. The van der Waals surface area contributed by atoms with Crippen molar-refractivity contribution in [1.82, 2.24) is 5.32 Å². The molecule has 7 atom stereocenters. The maximum atomic E-state index is 12.8. The van der Waals surface area contributed by atoms with Crippen LogP contribution in [0.4, 0.5) is 0 Å². The van der Waals surface area contributed by atoms with Gasteiger partial charge in [0.25, 0.3) is 0 Å². The van der Waals surface area contributed by atoms with Crippen molar-refractivity contribution in [3.8, 4) is 0 Å². The van der Waals surface area contributed by atoms with E-state index in [-0.39, 0.29) is 12.5 Å². The zero-order chi connectivity index (χ0) is 33.8. The monoisotopic (exact) mass is 649 g/mol. The first-order valence-electron chi connectivity index (χ1n) is 17.5. The van der Waals surface area contributed by atoms with Gasteiger partial charge in [0.05, 0.1) is 25.4 Å². The molecule has 1 amide bonds. The first-order valence-corrected chi connectivity index (χ1v) is 17.5. The molecule has 7 unspecified atom stereocenters. The summed E-state index contributed by atoms with van der Waals surface area (Å²) in [6, 6.07) is -0.835. The van der Waals surface area contributed by atoms with Gasteiger partial charge in [-0.1, -0.05) is 100 Å². The Bertz CT molecular complexity index is 900. The predicted octanol–water partition coefficient (Wildman–Crippen LogP) is 5.32. The van der Waals surface area contributed by atoms with Gasteiger partial charge >= 0.3 is 0 Å². The third-order valence-corrected chi connectivity index (χ3v) is 7.83. The van der Waals surface area contributed by atoms with Gasteiger partial charge in [0.2, 0.25) is 5.91 Å². The second-order valence-corrected chi connectivity index (χ2v) is 11.9. The maximum absolute atomic E-state index is 12.8. The molecule has 9 nitrogen and oxygen atoms in total. The van der Waals surface area contributed by atoms with Gasteiger partial charge in [0.1, 0.15) is 24.4 Å². The van der Waals surface area contributed by atoms with E-state index in [1.165, 1.54) is 25.7 Å². The van der Waals surface area contributed by atoms with Gasteiger partial charge in [0.15, 0.2) is 6.29 Å².